The molecule has 9 heteroatoms. The summed E-state index contributed by atoms with van der Waals surface area (Å²) in [6.45, 7) is 0. The van der Waals surface area contributed by atoms with Crippen LogP contribution in [0.1, 0.15) is 10.4 Å². The highest BCUT2D eigenvalue weighted by Crippen LogP contribution is 2.16. The standard InChI is InChI=1S/C18H14N6O3/c1-24-16-13(3-2-9-19-16)21-15(18(24)26)20-12-6-4-11(5-7-12)17(25)22-14-8-10-27-23-14/h2-10H,1H3,(H,20,21)(H,22,23,25). The molecule has 0 aliphatic carbocycles. The van der Waals surface area contributed by atoms with Gasteiger partial charge in [0.1, 0.15) is 11.8 Å². The normalized spacial score (nSPS) is 10.7. The summed E-state index contributed by atoms with van der Waals surface area (Å²) in [4.78, 5) is 33.1. The van der Waals surface area contributed by atoms with E-state index in [0.29, 0.717) is 28.2 Å². The number of benzene rings is 1. The van der Waals surface area contributed by atoms with Gasteiger partial charge in [-0.25, -0.2) is 9.97 Å². The van der Waals surface area contributed by atoms with Crippen molar-refractivity contribution < 1.29 is 9.32 Å². The average molecular weight is 362 g/mol. The molecule has 0 saturated carbocycles. The van der Waals surface area contributed by atoms with Crippen molar-refractivity contribution in [3.05, 3.63) is 70.8 Å². The number of pyridine rings is 1. The number of amides is 1. The van der Waals surface area contributed by atoms with Crippen LogP contribution in [0.5, 0.6) is 0 Å². The summed E-state index contributed by atoms with van der Waals surface area (Å²) in [5.74, 6) is 0.193. The lowest BCUT2D eigenvalue weighted by atomic mass is 10.2. The maximum Gasteiger partial charge on any atom is 0.295 e. The number of nitrogens with zero attached hydrogens (tertiary/aromatic N) is 4. The molecule has 27 heavy (non-hydrogen) atoms. The number of hydrogen-bond donors (Lipinski definition) is 2. The average Bonchev–Trinajstić information content (AvgIpc) is 3.19. The fraction of sp³-hybridized carbons (Fsp3) is 0.0556. The van der Waals surface area contributed by atoms with Gasteiger partial charge in [0, 0.05) is 30.6 Å². The van der Waals surface area contributed by atoms with Crippen LogP contribution in [0.4, 0.5) is 17.3 Å². The monoisotopic (exact) mass is 362 g/mol. The third-order valence-electron chi connectivity index (χ3n) is 3.91. The van der Waals surface area contributed by atoms with Gasteiger partial charge < -0.3 is 15.2 Å². The molecule has 2 N–H and O–H groups in total. The molecule has 1 amide bonds. The first-order chi connectivity index (χ1) is 13.1. The molecule has 4 aromatic rings. The number of carbonyl (C=O) groups excluding carboxylic acids is 1. The number of hydrogen-bond acceptors (Lipinski definition) is 7. The van der Waals surface area contributed by atoms with E-state index < -0.39 is 0 Å². The molecule has 0 radical (unpaired) electrons. The van der Waals surface area contributed by atoms with Crippen LogP contribution >= 0.6 is 0 Å². The van der Waals surface area contributed by atoms with E-state index in [0.717, 1.165) is 0 Å². The Bertz CT molecular complexity index is 1170. The first-order valence-corrected chi connectivity index (χ1v) is 8.02. The van der Waals surface area contributed by atoms with E-state index in [2.05, 4.69) is 30.3 Å². The number of fused-ring (bicyclic) bond motifs is 1. The highest BCUT2D eigenvalue weighted by Gasteiger charge is 2.11. The molecule has 0 aliphatic heterocycles. The molecule has 0 aliphatic rings. The quantitative estimate of drug-likeness (QED) is 0.572. The lowest BCUT2D eigenvalue weighted by Gasteiger charge is -2.09. The number of carbonyl (C=O) groups is 1. The van der Waals surface area contributed by atoms with E-state index in [4.69, 9.17) is 0 Å². The van der Waals surface area contributed by atoms with Crippen molar-refractivity contribution in [2.24, 2.45) is 7.05 Å². The van der Waals surface area contributed by atoms with Gasteiger partial charge in [0.15, 0.2) is 17.3 Å². The van der Waals surface area contributed by atoms with Crippen LogP contribution in [0.25, 0.3) is 11.2 Å². The van der Waals surface area contributed by atoms with Gasteiger partial charge in [0.2, 0.25) is 0 Å². The molecule has 3 heterocycles. The van der Waals surface area contributed by atoms with Crippen LogP contribution in [0.2, 0.25) is 0 Å². The van der Waals surface area contributed by atoms with Crippen LogP contribution in [-0.4, -0.2) is 25.6 Å². The molecule has 1 aromatic carbocycles. The Morgan fingerprint density at radius 2 is 1.96 bits per heavy atom. The van der Waals surface area contributed by atoms with Gasteiger partial charge in [-0.2, -0.15) is 0 Å². The second-order valence-corrected chi connectivity index (χ2v) is 5.71. The van der Waals surface area contributed by atoms with Gasteiger partial charge in [-0.1, -0.05) is 5.16 Å². The molecule has 134 valence electrons. The third kappa shape index (κ3) is 3.25. The van der Waals surface area contributed by atoms with Gasteiger partial charge in [-0.05, 0) is 36.4 Å². The fourth-order valence-electron chi connectivity index (χ4n) is 2.55. The van der Waals surface area contributed by atoms with Crippen molar-refractivity contribution >= 4 is 34.4 Å². The maximum atomic E-state index is 12.5. The van der Waals surface area contributed by atoms with Gasteiger partial charge in [-0.3, -0.25) is 14.2 Å². The Labute approximate surface area is 152 Å². The molecule has 0 atom stereocenters. The molecule has 3 aromatic heterocycles. The van der Waals surface area contributed by atoms with Crippen LogP contribution in [0.3, 0.4) is 0 Å². The van der Waals surface area contributed by atoms with Crippen molar-refractivity contribution in [1.82, 2.24) is 19.7 Å². The zero-order valence-corrected chi connectivity index (χ0v) is 14.2. The molecule has 0 saturated heterocycles. The third-order valence-corrected chi connectivity index (χ3v) is 3.91. The number of rotatable bonds is 4. The van der Waals surface area contributed by atoms with Gasteiger partial charge in [-0.15, -0.1) is 0 Å². The van der Waals surface area contributed by atoms with Crippen LogP contribution in [-0.2, 0) is 7.05 Å². The molecule has 0 fully saturated rings. The Morgan fingerprint density at radius 1 is 1.15 bits per heavy atom. The summed E-state index contributed by atoms with van der Waals surface area (Å²) in [5.41, 5.74) is 1.88. The summed E-state index contributed by atoms with van der Waals surface area (Å²) in [6.07, 6.45) is 2.98. The predicted octanol–water partition coefficient (Wildman–Crippen LogP) is 2.31. The summed E-state index contributed by atoms with van der Waals surface area (Å²) in [6, 6.07) is 11.7. The highest BCUT2D eigenvalue weighted by atomic mass is 16.5. The lowest BCUT2D eigenvalue weighted by molar-refractivity contribution is 0.102. The first kappa shape index (κ1) is 16.5. The van der Waals surface area contributed by atoms with Crippen LogP contribution in [0.15, 0.2) is 64.2 Å². The molecule has 0 spiro atoms. The number of nitrogens with one attached hydrogen (secondary N) is 2. The topological polar surface area (TPSA) is 115 Å². The molecular formula is C18H14N6O3. The molecular weight excluding hydrogens is 348 g/mol. The zero-order chi connectivity index (χ0) is 18.8. The van der Waals surface area contributed by atoms with Crippen molar-refractivity contribution in [1.29, 1.82) is 0 Å². The Morgan fingerprint density at radius 3 is 2.70 bits per heavy atom. The van der Waals surface area contributed by atoms with Gasteiger partial charge in [0.05, 0.1) is 0 Å². The van der Waals surface area contributed by atoms with Crippen LogP contribution in [0, 0.1) is 0 Å². The maximum absolute atomic E-state index is 12.5. The molecule has 0 unspecified atom stereocenters. The smallest absolute Gasteiger partial charge is 0.295 e. The SMILES string of the molecule is Cn1c(=O)c(Nc2ccc(C(=O)Nc3ccon3)cc2)nc2cccnc21. The van der Waals surface area contributed by atoms with E-state index >= 15 is 0 Å². The second-order valence-electron chi connectivity index (χ2n) is 5.71. The van der Waals surface area contributed by atoms with E-state index in [9.17, 15) is 9.59 Å². The van der Waals surface area contributed by atoms with Crippen molar-refractivity contribution in [2.45, 2.75) is 0 Å². The molecule has 4 rings (SSSR count). The minimum absolute atomic E-state index is 0.179. The van der Waals surface area contributed by atoms with Crippen LogP contribution < -0.4 is 16.2 Å². The number of anilines is 3. The van der Waals surface area contributed by atoms with Crippen molar-refractivity contribution in [2.75, 3.05) is 10.6 Å². The predicted molar refractivity (Wildman–Crippen MR) is 99.0 cm³/mol. The highest BCUT2D eigenvalue weighted by molar-refractivity contribution is 6.03. The zero-order valence-electron chi connectivity index (χ0n) is 14.2. The molecule has 9 nitrogen and oxygen atoms in total. The van der Waals surface area contributed by atoms with E-state index in [-0.39, 0.29) is 17.3 Å². The van der Waals surface area contributed by atoms with Gasteiger partial charge >= 0.3 is 0 Å². The molecule has 0 bridgehead atoms. The van der Waals surface area contributed by atoms with E-state index in [1.54, 1.807) is 55.7 Å². The summed E-state index contributed by atoms with van der Waals surface area (Å²) >= 11 is 0. The van der Waals surface area contributed by atoms with Crippen molar-refractivity contribution in [3.63, 3.8) is 0 Å². The number of aromatic nitrogens is 4. The largest absolute Gasteiger partial charge is 0.363 e. The summed E-state index contributed by atoms with van der Waals surface area (Å²) in [5, 5.41) is 9.22. The fourth-order valence-corrected chi connectivity index (χ4v) is 2.55. The summed E-state index contributed by atoms with van der Waals surface area (Å²) in [7, 11) is 1.64. The minimum atomic E-state index is -0.318. The van der Waals surface area contributed by atoms with E-state index in [1.807, 2.05) is 0 Å². The minimum Gasteiger partial charge on any atom is -0.363 e. The van der Waals surface area contributed by atoms with Crippen molar-refractivity contribution in [3.8, 4) is 0 Å². The lowest BCUT2D eigenvalue weighted by Crippen LogP contribution is -2.22. The Balaban J connectivity index is 1.57. The number of aryl methyl sites for hydroxylation is 1. The Hall–Kier alpha value is -4.01. The second kappa shape index (κ2) is 6.71. The van der Waals surface area contributed by atoms with Gasteiger partial charge in [0.25, 0.3) is 11.5 Å². The summed E-state index contributed by atoms with van der Waals surface area (Å²) < 4.78 is 6.11. The first-order valence-electron chi connectivity index (χ1n) is 8.02. The Kier molecular flexibility index (Phi) is 4.09. The van der Waals surface area contributed by atoms with E-state index in [1.165, 1.54) is 10.8 Å².